The summed E-state index contributed by atoms with van der Waals surface area (Å²) < 4.78 is 0. The summed E-state index contributed by atoms with van der Waals surface area (Å²) in [5.41, 5.74) is 8.39. The number of hydrogen-bond donors (Lipinski definition) is 4. The number of fused-ring (bicyclic) bond motifs is 8. The second-order valence-corrected chi connectivity index (χ2v) is 7.69. The molecule has 0 fully saturated rings. The number of H-pyrrole nitrogens is 2. The zero-order valence-corrected chi connectivity index (χ0v) is 17.7. The quantitative estimate of drug-likeness (QED) is 0.295. The van der Waals surface area contributed by atoms with Crippen molar-refractivity contribution in [2.45, 2.75) is 0 Å². The van der Waals surface area contributed by atoms with Gasteiger partial charge in [-0.15, -0.1) is 0 Å². The van der Waals surface area contributed by atoms with Crippen molar-refractivity contribution in [1.82, 2.24) is 19.9 Å². The Hall–Kier alpha value is -4.20. The van der Waals surface area contributed by atoms with Crippen LogP contribution in [0.4, 0.5) is 0 Å². The van der Waals surface area contributed by atoms with Crippen molar-refractivity contribution in [2.24, 2.45) is 0 Å². The lowest BCUT2D eigenvalue weighted by molar-refractivity contribution is 0.426. The first-order valence-electron chi connectivity index (χ1n) is 10.6. The molecule has 0 spiro atoms. The predicted octanol–water partition coefficient (Wildman–Crippen LogP) is 4.02. The van der Waals surface area contributed by atoms with Gasteiger partial charge in [0.2, 0.25) is 0 Å². The largest absolute Gasteiger partial charge is 0.488 e. The fraction of sp³-hybridized carbons (Fsp3) is 0. The molecule has 33 heavy (non-hydrogen) atoms. The Morgan fingerprint density at radius 2 is 0.939 bits per heavy atom. The summed E-state index contributed by atoms with van der Waals surface area (Å²) in [5, 5.41) is 17.2. The van der Waals surface area contributed by atoms with E-state index in [1.165, 1.54) is 0 Å². The van der Waals surface area contributed by atoms with Crippen LogP contribution in [0.1, 0.15) is 22.8 Å². The van der Waals surface area contributed by atoms with Crippen molar-refractivity contribution in [3.63, 3.8) is 0 Å². The van der Waals surface area contributed by atoms with Crippen LogP contribution >= 0.6 is 0 Å². The van der Waals surface area contributed by atoms with Crippen molar-refractivity contribution in [2.75, 3.05) is 0 Å². The first-order chi connectivity index (χ1) is 16.1. The van der Waals surface area contributed by atoms with Crippen molar-refractivity contribution in [3.8, 4) is 0 Å². The van der Waals surface area contributed by atoms with Gasteiger partial charge in [-0.3, -0.25) is 0 Å². The highest BCUT2D eigenvalue weighted by molar-refractivity contribution is 6.58. The van der Waals surface area contributed by atoms with Gasteiger partial charge in [0.1, 0.15) is 0 Å². The molecule has 0 amide bonds. The van der Waals surface area contributed by atoms with E-state index in [2.05, 4.69) is 50.3 Å². The summed E-state index contributed by atoms with van der Waals surface area (Å²) in [4.78, 5) is 16.0. The van der Waals surface area contributed by atoms with Crippen LogP contribution in [0.5, 0.6) is 0 Å². The Kier molecular flexibility index (Phi) is 5.72. The maximum Gasteiger partial charge on any atom is 0.488 e. The minimum Gasteiger partial charge on any atom is -0.423 e. The molecule has 0 saturated heterocycles. The Labute approximate surface area is 190 Å². The fourth-order valence-corrected chi connectivity index (χ4v) is 3.57. The Morgan fingerprint density at radius 1 is 0.515 bits per heavy atom. The van der Waals surface area contributed by atoms with Gasteiger partial charge >= 0.3 is 7.12 Å². The minimum absolute atomic E-state index is 0.525. The van der Waals surface area contributed by atoms with E-state index in [1.54, 1.807) is 24.3 Å². The molecule has 0 unspecified atom stereocenters. The van der Waals surface area contributed by atoms with Crippen LogP contribution in [0, 0.1) is 0 Å². The predicted molar refractivity (Wildman–Crippen MR) is 135 cm³/mol. The summed E-state index contributed by atoms with van der Waals surface area (Å²) in [6.07, 6.45) is 8.05. The molecule has 7 heteroatoms. The second kappa shape index (κ2) is 9.12. The average Bonchev–Trinajstić information content (AvgIpc) is 3.61. The Morgan fingerprint density at radius 3 is 1.36 bits per heavy atom. The topological polar surface area (TPSA) is 97.8 Å². The average molecular weight is 432 g/mol. The number of benzene rings is 1. The van der Waals surface area contributed by atoms with E-state index in [4.69, 9.17) is 10.0 Å². The normalized spacial score (nSPS) is 11.7. The number of hydrogen-bond acceptors (Lipinski definition) is 4. The molecule has 5 heterocycles. The summed E-state index contributed by atoms with van der Waals surface area (Å²) in [7, 11) is -1.34. The lowest BCUT2D eigenvalue weighted by Gasteiger charge is -1.94. The van der Waals surface area contributed by atoms with Crippen molar-refractivity contribution in [3.05, 3.63) is 102 Å². The molecule has 8 bridgehead atoms. The zero-order chi connectivity index (χ0) is 22.6. The molecule has 0 saturated carbocycles. The summed E-state index contributed by atoms with van der Waals surface area (Å²) >= 11 is 0. The highest BCUT2D eigenvalue weighted by atomic mass is 16.4. The SMILES string of the molecule is C1=Cc2cc3ccc(cc4ccc(cc5nc(cc1n2)C=C5)[nH]4)[nH]3.OB(O)c1ccccc1. The maximum absolute atomic E-state index is 8.58. The lowest BCUT2D eigenvalue weighted by Crippen LogP contribution is -2.29. The zero-order valence-electron chi connectivity index (χ0n) is 17.7. The molecule has 0 aliphatic carbocycles. The molecule has 0 radical (unpaired) electrons. The minimum atomic E-state index is -1.34. The van der Waals surface area contributed by atoms with E-state index in [0.717, 1.165) is 44.8 Å². The van der Waals surface area contributed by atoms with Crippen molar-refractivity contribution < 1.29 is 10.0 Å². The van der Waals surface area contributed by atoms with Gasteiger partial charge in [-0.05, 0) is 78.3 Å². The monoisotopic (exact) mass is 432 g/mol. The summed E-state index contributed by atoms with van der Waals surface area (Å²) in [6.45, 7) is 0. The molecule has 1 aromatic carbocycles. The van der Waals surface area contributed by atoms with E-state index in [-0.39, 0.29) is 0 Å². The Balaban J connectivity index is 0.000000215. The molecule has 4 N–H and O–H groups in total. The van der Waals surface area contributed by atoms with Crippen LogP contribution in [0.25, 0.3) is 46.4 Å². The molecule has 6 rings (SSSR count). The molecule has 0 atom stereocenters. The van der Waals surface area contributed by atoms with Gasteiger partial charge in [-0.2, -0.15) is 0 Å². The van der Waals surface area contributed by atoms with Crippen LogP contribution in [0.2, 0.25) is 0 Å². The van der Waals surface area contributed by atoms with Crippen LogP contribution in [0.3, 0.4) is 0 Å². The third kappa shape index (κ3) is 5.18. The van der Waals surface area contributed by atoms with E-state index >= 15 is 0 Å². The Bertz CT molecular complexity index is 1410. The van der Waals surface area contributed by atoms with Gasteiger partial charge < -0.3 is 20.0 Å². The number of aromatic nitrogens is 4. The highest BCUT2D eigenvalue weighted by Crippen LogP contribution is 2.17. The van der Waals surface area contributed by atoms with E-state index in [0.29, 0.717) is 5.46 Å². The molecule has 2 aliphatic heterocycles. The van der Waals surface area contributed by atoms with Gasteiger partial charge in [0.25, 0.3) is 0 Å². The third-order valence-corrected chi connectivity index (χ3v) is 5.14. The smallest absolute Gasteiger partial charge is 0.423 e. The molecular weight excluding hydrogens is 411 g/mol. The molecule has 3 aromatic heterocycles. The van der Waals surface area contributed by atoms with Crippen LogP contribution in [-0.4, -0.2) is 37.1 Å². The number of nitrogens with zero attached hydrogens (tertiary/aromatic N) is 2. The third-order valence-electron chi connectivity index (χ3n) is 5.14. The van der Waals surface area contributed by atoms with Crippen LogP contribution in [0.15, 0.2) is 78.9 Å². The molecule has 2 aliphatic rings. The summed E-state index contributed by atoms with van der Waals surface area (Å²) in [5.74, 6) is 0. The van der Waals surface area contributed by atoms with Crippen molar-refractivity contribution >= 4 is 59.0 Å². The first kappa shape index (κ1) is 20.7. The number of aromatic amines is 2. The molecule has 4 aromatic rings. The summed E-state index contributed by atoms with van der Waals surface area (Å²) in [6, 6.07) is 25.1. The molecular formula is C26H21BN4O2. The molecule has 6 nitrogen and oxygen atoms in total. The van der Waals surface area contributed by atoms with Gasteiger partial charge in [-0.1, -0.05) is 30.3 Å². The fourth-order valence-electron chi connectivity index (χ4n) is 3.57. The van der Waals surface area contributed by atoms with Gasteiger partial charge in [0.05, 0.1) is 22.8 Å². The van der Waals surface area contributed by atoms with Crippen molar-refractivity contribution in [1.29, 1.82) is 0 Å². The van der Waals surface area contributed by atoms with E-state index in [1.807, 2.05) is 48.6 Å². The molecule has 160 valence electrons. The second-order valence-electron chi connectivity index (χ2n) is 7.69. The maximum atomic E-state index is 8.58. The van der Waals surface area contributed by atoms with E-state index < -0.39 is 7.12 Å². The number of rotatable bonds is 1. The highest BCUT2D eigenvalue weighted by Gasteiger charge is 2.07. The van der Waals surface area contributed by atoms with E-state index in [9.17, 15) is 0 Å². The first-order valence-corrected chi connectivity index (χ1v) is 10.6. The van der Waals surface area contributed by atoms with Gasteiger partial charge in [0, 0.05) is 22.1 Å². The lowest BCUT2D eigenvalue weighted by atomic mass is 9.81. The van der Waals surface area contributed by atoms with Gasteiger partial charge in [0.15, 0.2) is 0 Å². The van der Waals surface area contributed by atoms with Gasteiger partial charge in [-0.25, -0.2) is 9.97 Å². The standard InChI is InChI=1S/C20H14N4.C6H7BO2/c1-2-14-10-16-5-6-18(23-16)12-20-8-7-19(24-20)11-17-4-3-15(22-17)9-13(1)21-14;8-7(9)6-4-2-1-3-5-6/h1-12,21-22H;1-5,8-9H. The number of nitrogens with one attached hydrogen (secondary N) is 2. The van der Waals surface area contributed by atoms with Crippen LogP contribution in [-0.2, 0) is 0 Å². The van der Waals surface area contributed by atoms with Crippen LogP contribution < -0.4 is 5.46 Å².